The predicted octanol–water partition coefficient (Wildman–Crippen LogP) is 4.21. The van der Waals surface area contributed by atoms with E-state index >= 15 is 0 Å². The summed E-state index contributed by atoms with van der Waals surface area (Å²) in [4.78, 5) is 11.3. The zero-order valence-corrected chi connectivity index (χ0v) is 12.8. The second kappa shape index (κ2) is 7.13. The van der Waals surface area contributed by atoms with Gasteiger partial charge in [-0.1, -0.05) is 11.6 Å². The molecule has 22 heavy (non-hydrogen) atoms. The molecule has 2 aromatic carbocycles. The fourth-order valence-electron chi connectivity index (χ4n) is 1.69. The fourth-order valence-corrected chi connectivity index (χ4v) is 1.90. The minimum absolute atomic E-state index is 0.180. The van der Waals surface area contributed by atoms with Gasteiger partial charge in [0.15, 0.2) is 6.10 Å². The summed E-state index contributed by atoms with van der Waals surface area (Å²) in [7, 11) is 1.30. The third kappa shape index (κ3) is 4.11. The van der Waals surface area contributed by atoms with Crippen LogP contribution in [0.15, 0.2) is 42.5 Å². The molecule has 0 saturated heterocycles. The molecule has 0 aliphatic carbocycles. The molecule has 0 N–H and O–H groups in total. The van der Waals surface area contributed by atoms with E-state index in [1.54, 1.807) is 31.2 Å². The lowest BCUT2D eigenvalue weighted by Crippen LogP contribution is -2.24. The van der Waals surface area contributed by atoms with Crippen LogP contribution in [-0.2, 0) is 9.53 Å². The first-order valence-corrected chi connectivity index (χ1v) is 6.85. The van der Waals surface area contributed by atoms with E-state index in [1.165, 1.54) is 25.3 Å². The lowest BCUT2D eigenvalue weighted by molar-refractivity contribution is -0.147. The fraction of sp³-hybridized carbons (Fsp3) is 0.188. The molecule has 2 aromatic rings. The van der Waals surface area contributed by atoms with Crippen molar-refractivity contribution in [1.29, 1.82) is 0 Å². The first kappa shape index (κ1) is 16.1. The predicted molar refractivity (Wildman–Crippen MR) is 80.0 cm³/mol. The Kier molecular flexibility index (Phi) is 5.22. The maximum atomic E-state index is 13.0. The molecule has 0 bridgehead atoms. The van der Waals surface area contributed by atoms with Crippen molar-refractivity contribution in [3.8, 4) is 17.2 Å². The summed E-state index contributed by atoms with van der Waals surface area (Å²) < 4.78 is 28.5. The summed E-state index contributed by atoms with van der Waals surface area (Å²) in [5.41, 5.74) is 0. The molecule has 0 fully saturated rings. The molecule has 2 rings (SSSR count). The Hall–Kier alpha value is -2.27. The highest BCUT2D eigenvalue weighted by atomic mass is 35.5. The van der Waals surface area contributed by atoms with Crippen molar-refractivity contribution in [2.45, 2.75) is 13.0 Å². The number of rotatable bonds is 5. The van der Waals surface area contributed by atoms with Gasteiger partial charge in [0.05, 0.1) is 12.1 Å². The van der Waals surface area contributed by atoms with Gasteiger partial charge in [0.25, 0.3) is 0 Å². The van der Waals surface area contributed by atoms with Gasteiger partial charge in [0.2, 0.25) is 0 Å². The summed E-state index contributed by atoms with van der Waals surface area (Å²) >= 11 is 5.89. The lowest BCUT2D eigenvalue weighted by Gasteiger charge is -2.13. The van der Waals surface area contributed by atoms with Gasteiger partial charge < -0.3 is 14.2 Å². The van der Waals surface area contributed by atoms with Gasteiger partial charge >= 0.3 is 5.97 Å². The van der Waals surface area contributed by atoms with E-state index in [2.05, 4.69) is 4.74 Å². The zero-order valence-electron chi connectivity index (χ0n) is 12.0. The Balaban J connectivity index is 2.04. The summed E-state index contributed by atoms with van der Waals surface area (Å²) in [5, 5.41) is 0.180. The van der Waals surface area contributed by atoms with Gasteiger partial charge in [-0.2, -0.15) is 0 Å². The van der Waals surface area contributed by atoms with Crippen LogP contribution in [0, 0.1) is 5.82 Å². The molecule has 0 aromatic heterocycles. The number of hydrogen-bond acceptors (Lipinski definition) is 4. The van der Waals surface area contributed by atoms with Crippen molar-refractivity contribution in [1.82, 2.24) is 0 Å². The van der Waals surface area contributed by atoms with E-state index < -0.39 is 17.9 Å². The quantitative estimate of drug-likeness (QED) is 0.773. The number of methoxy groups -OCH3 is 1. The second-order valence-electron chi connectivity index (χ2n) is 4.43. The first-order valence-electron chi connectivity index (χ1n) is 6.47. The van der Waals surface area contributed by atoms with Crippen LogP contribution in [0.2, 0.25) is 5.02 Å². The molecule has 6 heteroatoms. The van der Waals surface area contributed by atoms with Crippen LogP contribution >= 0.6 is 11.6 Å². The molecule has 0 aliphatic heterocycles. The smallest absolute Gasteiger partial charge is 0.346 e. The molecular weight excluding hydrogens is 311 g/mol. The zero-order chi connectivity index (χ0) is 16.1. The van der Waals surface area contributed by atoms with Crippen molar-refractivity contribution in [3.05, 3.63) is 53.3 Å². The molecule has 0 heterocycles. The molecule has 1 atom stereocenters. The number of benzene rings is 2. The number of carbonyl (C=O) groups excluding carboxylic acids is 1. The number of ether oxygens (including phenoxy) is 3. The Labute approximate surface area is 132 Å². The van der Waals surface area contributed by atoms with Gasteiger partial charge in [-0.05, 0) is 49.4 Å². The van der Waals surface area contributed by atoms with Crippen molar-refractivity contribution in [2.75, 3.05) is 7.11 Å². The maximum Gasteiger partial charge on any atom is 0.346 e. The number of hydrogen-bond donors (Lipinski definition) is 0. The van der Waals surface area contributed by atoms with Crippen molar-refractivity contribution in [3.63, 3.8) is 0 Å². The van der Waals surface area contributed by atoms with Crippen LogP contribution in [0.4, 0.5) is 4.39 Å². The van der Waals surface area contributed by atoms with Crippen LogP contribution < -0.4 is 9.47 Å². The van der Waals surface area contributed by atoms with Gasteiger partial charge in [0, 0.05) is 0 Å². The number of halogens is 2. The lowest BCUT2D eigenvalue weighted by atomic mass is 10.3. The third-order valence-corrected chi connectivity index (χ3v) is 3.09. The van der Waals surface area contributed by atoms with Gasteiger partial charge in [-0.25, -0.2) is 9.18 Å². The summed E-state index contributed by atoms with van der Waals surface area (Å²) in [6, 6.07) is 10.5. The monoisotopic (exact) mass is 324 g/mol. The topological polar surface area (TPSA) is 44.8 Å². The first-order chi connectivity index (χ1) is 10.5. The minimum Gasteiger partial charge on any atom is -0.479 e. The highest BCUT2D eigenvalue weighted by molar-refractivity contribution is 6.32. The van der Waals surface area contributed by atoms with Crippen LogP contribution in [0.5, 0.6) is 17.2 Å². The molecule has 0 amide bonds. The third-order valence-electron chi connectivity index (χ3n) is 2.79. The van der Waals surface area contributed by atoms with E-state index in [0.717, 1.165) is 0 Å². The van der Waals surface area contributed by atoms with E-state index in [0.29, 0.717) is 17.2 Å². The van der Waals surface area contributed by atoms with Crippen LogP contribution in [0.25, 0.3) is 0 Å². The molecule has 4 nitrogen and oxygen atoms in total. The van der Waals surface area contributed by atoms with Crippen molar-refractivity contribution < 1.29 is 23.4 Å². The number of esters is 1. The van der Waals surface area contributed by atoms with Crippen LogP contribution in [0.1, 0.15) is 6.92 Å². The molecule has 0 spiro atoms. The van der Waals surface area contributed by atoms with Gasteiger partial charge in [0.1, 0.15) is 23.1 Å². The largest absolute Gasteiger partial charge is 0.479 e. The highest BCUT2D eigenvalue weighted by Crippen LogP contribution is 2.30. The van der Waals surface area contributed by atoms with Crippen LogP contribution in [-0.4, -0.2) is 19.2 Å². The maximum absolute atomic E-state index is 13.0. The molecule has 0 radical (unpaired) electrons. The van der Waals surface area contributed by atoms with Crippen LogP contribution in [0.3, 0.4) is 0 Å². The average Bonchev–Trinajstić information content (AvgIpc) is 2.51. The normalized spacial score (nSPS) is 11.6. The SMILES string of the molecule is COC(=O)C(C)Oc1ccc(Oc2ccc(F)cc2Cl)cc1. The Morgan fingerprint density at radius 1 is 1.14 bits per heavy atom. The summed E-state index contributed by atoms with van der Waals surface area (Å²) in [5.74, 6) is 0.456. The number of carbonyl (C=O) groups is 1. The Bertz CT molecular complexity index is 658. The Morgan fingerprint density at radius 3 is 2.36 bits per heavy atom. The summed E-state index contributed by atoms with van der Waals surface area (Å²) in [6.07, 6.45) is -0.705. The summed E-state index contributed by atoms with van der Waals surface area (Å²) in [6.45, 7) is 1.59. The van der Waals surface area contributed by atoms with E-state index in [4.69, 9.17) is 21.1 Å². The van der Waals surface area contributed by atoms with Gasteiger partial charge in [-0.15, -0.1) is 0 Å². The van der Waals surface area contributed by atoms with E-state index in [1.807, 2.05) is 0 Å². The standard InChI is InChI=1S/C16H14ClFO4/c1-10(16(19)20-2)21-12-4-6-13(7-5-12)22-15-8-3-11(18)9-14(15)17/h3-10H,1-2H3. The molecule has 0 saturated carbocycles. The van der Waals surface area contributed by atoms with E-state index in [9.17, 15) is 9.18 Å². The molecule has 1 unspecified atom stereocenters. The molecular formula is C16H14ClFO4. The second-order valence-corrected chi connectivity index (χ2v) is 4.84. The minimum atomic E-state index is -0.705. The molecule has 116 valence electrons. The Morgan fingerprint density at radius 2 is 1.77 bits per heavy atom. The highest BCUT2D eigenvalue weighted by Gasteiger charge is 2.14. The van der Waals surface area contributed by atoms with E-state index in [-0.39, 0.29) is 5.02 Å². The molecule has 0 aliphatic rings. The van der Waals surface area contributed by atoms with Gasteiger partial charge in [-0.3, -0.25) is 0 Å². The average molecular weight is 325 g/mol. The van der Waals surface area contributed by atoms with Crippen molar-refractivity contribution >= 4 is 17.6 Å². The van der Waals surface area contributed by atoms with Crippen molar-refractivity contribution in [2.24, 2.45) is 0 Å².